The summed E-state index contributed by atoms with van der Waals surface area (Å²) in [5.74, 6) is 0.375. The predicted octanol–water partition coefficient (Wildman–Crippen LogP) is -0.00300. The van der Waals surface area contributed by atoms with Crippen molar-refractivity contribution in [1.29, 1.82) is 0 Å². The maximum Gasteiger partial charge on any atom is 0.131 e. The fraction of sp³-hybridized carbons (Fsp3) is 1.00. The van der Waals surface area contributed by atoms with Gasteiger partial charge in [0.05, 0.1) is 0 Å². The van der Waals surface area contributed by atoms with E-state index in [-0.39, 0.29) is 0 Å². The first kappa shape index (κ1) is 7.30. The number of hydrogen-bond acceptors (Lipinski definition) is 3. The molecule has 0 radical (unpaired) electrons. The molecule has 0 aromatic rings. The van der Waals surface area contributed by atoms with Crippen molar-refractivity contribution in [2.45, 2.75) is 19.1 Å². The van der Waals surface area contributed by atoms with Gasteiger partial charge in [-0.15, -0.1) is 0 Å². The molecular weight excluding hydrogens is 150 g/mol. The zero-order chi connectivity index (χ0) is 8.18. The highest BCUT2D eigenvalue weighted by molar-refractivity contribution is 5.04. The Morgan fingerprint density at radius 2 is 1.17 bits per heavy atom. The predicted molar refractivity (Wildman–Crippen MR) is 47.7 cm³/mol. The second-order valence-corrected chi connectivity index (χ2v) is 4.09. The molecule has 0 saturated carbocycles. The summed E-state index contributed by atoms with van der Waals surface area (Å²) in [7, 11) is 0. The van der Waals surface area contributed by atoms with E-state index in [1.165, 1.54) is 45.7 Å². The fourth-order valence-electron chi connectivity index (χ4n) is 2.50. The molecule has 3 heterocycles. The lowest BCUT2D eigenvalue weighted by Crippen LogP contribution is -2.52. The van der Waals surface area contributed by atoms with Gasteiger partial charge in [-0.3, -0.25) is 14.7 Å². The third kappa shape index (κ3) is 0.873. The smallest absolute Gasteiger partial charge is 0.131 e. The number of rotatable bonds is 4. The van der Waals surface area contributed by atoms with E-state index in [1.54, 1.807) is 0 Å². The summed E-state index contributed by atoms with van der Waals surface area (Å²) in [5, 5.41) is 0. The van der Waals surface area contributed by atoms with E-state index < -0.39 is 0 Å². The van der Waals surface area contributed by atoms with Crippen molar-refractivity contribution >= 4 is 0 Å². The molecule has 0 aliphatic carbocycles. The Labute approximate surface area is 73.9 Å². The summed E-state index contributed by atoms with van der Waals surface area (Å²) in [5.41, 5.74) is 0. The number of hydrogen-bond donors (Lipinski definition) is 0. The molecule has 68 valence electrons. The molecular formula is C9H17N3. The molecule has 3 fully saturated rings. The molecule has 0 unspecified atom stereocenters. The van der Waals surface area contributed by atoms with E-state index >= 15 is 0 Å². The van der Waals surface area contributed by atoms with Crippen molar-refractivity contribution in [3.05, 3.63) is 0 Å². The van der Waals surface area contributed by atoms with Crippen LogP contribution in [0.3, 0.4) is 0 Å². The highest BCUT2D eigenvalue weighted by atomic mass is 15.7. The standard InChI is InChI=1S/C9H17N3/c1-2-9(10-3-4-10,11-5-6-11)12-7-8-12/h2-8H2,1H3. The van der Waals surface area contributed by atoms with Crippen molar-refractivity contribution in [3.8, 4) is 0 Å². The topological polar surface area (TPSA) is 9.03 Å². The molecule has 0 aromatic carbocycles. The molecule has 12 heavy (non-hydrogen) atoms. The van der Waals surface area contributed by atoms with E-state index in [1.807, 2.05) is 0 Å². The first-order valence-corrected chi connectivity index (χ1v) is 5.13. The highest BCUT2D eigenvalue weighted by Gasteiger charge is 2.56. The quantitative estimate of drug-likeness (QED) is 0.545. The molecule has 3 aliphatic rings. The van der Waals surface area contributed by atoms with Crippen LogP contribution in [0.5, 0.6) is 0 Å². The summed E-state index contributed by atoms with van der Waals surface area (Å²) in [6, 6.07) is 0. The van der Waals surface area contributed by atoms with Gasteiger partial charge in [-0.2, -0.15) is 0 Å². The average Bonchev–Trinajstić information content (AvgIpc) is 2.94. The van der Waals surface area contributed by atoms with Gasteiger partial charge in [0.25, 0.3) is 0 Å². The van der Waals surface area contributed by atoms with Crippen LogP contribution < -0.4 is 0 Å². The fourth-order valence-corrected chi connectivity index (χ4v) is 2.50. The molecule has 0 atom stereocenters. The summed E-state index contributed by atoms with van der Waals surface area (Å²) in [6.07, 6.45) is 1.27. The zero-order valence-electron chi connectivity index (χ0n) is 7.79. The van der Waals surface area contributed by atoms with Crippen LogP contribution in [-0.2, 0) is 0 Å². The van der Waals surface area contributed by atoms with E-state index in [0.29, 0.717) is 5.79 Å². The van der Waals surface area contributed by atoms with Crippen molar-refractivity contribution in [2.75, 3.05) is 39.3 Å². The van der Waals surface area contributed by atoms with Gasteiger partial charge in [0, 0.05) is 39.3 Å². The van der Waals surface area contributed by atoms with Crippen molar-refractivity contribution < 1.29 is 0 Å². The minimum absolute atomic E-state index is 0.375. The van der Waals surface area contributed by atoms with Gasteiger partial charge in [-0.05, 0) is 6.42 Å². The Morgan fingerprint density at radius 3 is 1.33 bits per heavy atom. The van der Waals surface area contributed by atoms with Gasteiger partial charge in [0.2, 0.25) is 0 Å². The summed E-state index contributed by atoms with van der Waals surface area (Å²) >= 11 is 0. The third-order valence-electron chi connectivity index (χ3n) is 3.34. The van der Waals surface area contributed by atoms with Crippen molar-refractivity contribution in [3.63, 3.8) is 0 Å². The minimum atomic E-state index is 0.375. The van der Waals surface area contributed by atoms with Gasteiger partial charge in [0.15, 0.2) is 0 Å². The molecule has 0 N–H and O–H groups in total. The largest absolute Gasteiger partial charge is 0.270 e. The molecule has 3 aliphatic heterocycles. The van der Waals surface area contributed by atoms with Crippen LogP contribution in [0.25, 0.3) is 0 Å². The summed E-state index contributed by atoms with van der Waals surface area (Å²) in [4.78, 5) is 7.85. The Bertz CT molecular complexity index is 161. The second-order valence-electron chi connectivity index (χ2n) is 4.09. The third-order valence-corrected chi connectivity index (χ3v) is 3.34. The van der Waals surface area contributed by atoms with Gasteiger partial charge in [-0.1, -0.05) is 6.92 Å². The summed E-state index contributed by atoms with van der Waals surface area (Å²) in [6.45, 7) is 10.2. The van der Waals surface area contributed by atoms with Crippen LogP contribution in [-0.4, -0.2) is 59.8 Å². The molecule has 3 saturated heterocycles. The first-order valence-electron chi connectivity index (χ1n) is 5.13. The first-order chi connectivity index (χ1) is 5.88. The van der Waals surface area contributed by atoms with Gasteiger partial charge < -0.3 is 0 Å². The molecule has 0 amide bonds. The van der Waals surface area contributed by atoms with E-state index in [9.17, 15) is 0 Å². The molecule has 0 spiro atoms. The van der Waals surface area contributed by atoms with E-state index in [4.69, 9.17) is 0 Å². The minimum Gasteiger partial charge on any atom is -0.270 e. The second kappa shape index (κ2) is 2.22. The maximum atomic E-state index is 2.62. The zero-order valence-corrected chi connectivity index (χ0v) is 7.79. The Hall–Kier alpha value is -0.120. The van der Waals surface area contributed by atoms with Gasteiger partial charge >= 0.3 is 0 Å². The van der Waals surface area contributed by atoms with Crippen LogP contribution in [0.1, 0.15) is 13.3 Å². The normalized spacial score (nSPS) is 30.8. The van der Waals surface area contributed by atoms with Crippen LogP contribution >= 0.6 is 0 Å². The molecule has 3 rings (SSSR count). The number of nitrogens with zero attached hydrogens (tertiary/aromatic N) is 3. The van der Waals surface area contributed by atoms with Crippen LogP contribution in [0, 0.1) is 0 Å². The monoisotopic (exact) mass is 167 g/mol. The maximum absolute atomic E-state index is 2.62. The molecule has 0 bridgehead atoms. The van der Waals surface area contributed by atoms with Gasteiger partial charge in [0.1, 0.15) is 5.79 Å². The van der Waals surface area contributed by atoms with E-state index in [0.717, 1.165) is 0 Å². The van der Waals surface area contributed by atoms with Crippen LogP contribution in [0.15, 0.2) is 0 Å². The van der Waals surface area contributed by atoms with Crippen molar-refractivity contribution in [1.82, 2.24) is 14.7 Å². The average molecular weight is 167 g/mol. The molecule has 0 aromatic heterocycles. The van der Waals surface area contributed by atoms with Crippen LogP contribution in [0.4, 0.5) is 0 Å². The lowest BCUT2D eigenvalue weighted by atomic mass is 10.2. The van der Waals surface area contributed by atoms with Crippen LogP contribution in [0.2, 0.25) is 0 Å². The Kier molecular flexibility index (Phi) is 1.35. The lowest BCUT2D eigenvalue weighted by molar-refractivity contribution is -0.0114. The molecule has 3 heteroatoms. The van der Waals surface area contributed by atoms with Gasteiger partial charge in [-0.25, -0.2) is 0 Å². The SMILES string of the molecule is CCC(N1CC1)(N1CC1)N1CC1. The lowest BCUT2D eigenvalue weighted by Gasteiger charge is -2.37. The molecule has 3 nitrogen and oxygen atoms in total. The Morgan fingerprint density at radius 1 is 0.833 bits per heavy atom. The van der Waals surface area contributed by atoms with E-state index in [2.05, 4.69) is 21.6 Å². The highest BCUT2D eigenvalue weighted by Crippen LogP contribution is 2.40. The Balaban J connectivity index is 1.85. The van der Waals surface area contributed by atoms with Crippen molar-refractivity contribution in [2.24, 2.45) is 0 Å². The summed E-state index contributed by atoms with van der Waals surface area (Å²) < 4.78 is 0.